The van der Waals surface area contributed by atoms with E-state index in [4.69, 9.17) is 4.98 Å². The maximum absolute atomic E-state index is 13.5. The number of hydrogen-bond donors (Lipinski definition) is 0. The van der Waals surface area contributed by atoms with E-state index < -0.39 is 0 Å². The second-order valence-corrected chi connectivity index (χ2v) is 9.37. The third kappa shape index (κ3) is 3.99. The summed E-state index contributed by atoms with van der Waals surface area (Å²) in [5.74, 6) is 0.851. The molecule has 3 heterocycles. The van der Waals surface area contributed by atoms with E-state index in [0.717, 1.165) is 42.3 Å². The van der Waals surface area contributed by atoms with Crippen LogP contribution in [0.5, 0.6) is 0 Å². The molecule has 1 saturated carbocycles. The summed E-state index contributed by atoms with van der Waals surface area (Å²) in [6, 6.07) is 15.1. The van der Waals surface area contributed by atoms with Crippen LogP contribution in [0.15, 0.2) is 48.7 Å². The number of fused-ring (bicyclic) bond motifs is 3. The Morgan fingerprint density at radius 1 is 1.16 bits per heavy atom. The number of benzene rings is 1. The van der Waals surface area contributed by atoms with Crippen LogP contribution in [0.2, 0.25) is 0 Å². The number of hydrogen-bond acceptors (Lipinski definition) is 3. The van der Waals surface area contributed by atoms with Gasteiger partial charge in [0.2, 0.25) is 0 Å². The van der Waals surface area contributed by atoms with Gasteiger partial charge in [0.15, 0.2) is 5.69 Å². The van der Waals surface area contributed by atoms with Crippen molar-refractivity contribution < 1.29 is 4.79 Å². The van der Waals surface area contributed by atoms with Crippen LogP contribution in [0.3, 0.4) is 0 Å². The van der Waals surface area contributed by atoms with E-state index >= 15 is 0 Å². The van der Waals surface area contributed by atoms with Crippen molar-refractivity contribution in [1.82, 2.24) is 19.2 Å². The number of carbonyl (C=O) groups is 1. The van der Waals surface area contributed by atoms with Gasteiger partial charge in [-0.15, -0.1) is 0 Å². The molecule has 1 aromatic carbocycles. The number of aryl methyl sites for hydroxylation is 1. The number of rotatable bonds is 6. The highest BCUT2D eigenvalue weighted by molar-refractivity contribution is 5.94. The number of imidazole rings is 1. The van der Waals surface area contributed by atoms with Gasteiger partial charge < -0.3 is 9.30 Å². The Hall–Kier alpha value is -2.66. The summed E-state index contributed by atoms with van der Waals surface area (Å²) in [4.78, 5) is 22.8. The Labute approximate surface area is 184 Å². The summed E-state index contributed by atoms with van der Waals surface area (Å²) >= 11 is 0. The average molecular weight is 417 g/mol. The summed E-state index contributed by atoms with van der Waals surface area (Å²) in [6.07, 6.45) is 8.20. The summed E-state index contributed by atoms with van der Waals surface area (Å²) in [7, 11) is 1.90. The molecule has 0 N–H and O–H groups in total. The summed E-state index contributed by atoms with van der Waals surface area (Å²) in [6.45, 7) is 4.71. The van der Waals surface area contributed by atoms with Crippen LogP contribution >= 0.6 is 0 Å². The molecule has 5 nitrogen and oxygen atoms in total. The minimum Gasteiger partial charge on any atom is -0.340 e. The summed E-state index contributed by atoms with van der Waals surface area (Å²) < 4.78 is 2.15. The molecule has 2 bridgehead atoms. The molecule has 2 atom stereocenters. The molecular formula is C26H32N4O. The molecule has 0 unspecified atom stereocenters. The van der Waals surface area contributed by atoms with Crippen molar-refractivity contribution in [3.05, 3.63) is 71.2 Å². The Morgan fingerprint density at radius 3 is 2.81 bits per heavy atom. The number of amides is 1. The van der Waals surface area contributed by atoms with Gasteiger partial charge in [0.1, 0.15) is 5.65 Å². The molecule has 31 heavy (non-hydrogen) atoms. The lowest BCUT2D eigenvalue weighted by atomic mass is 9.90. The first-order valence-corrected chi connectivity index (χ1v) is 11.6. The van der Waals surface area contributed by atoms with Gasteiger partial charge in [-0.25, -0.2) is 4.98 Å². The van der Waals surface area contributed by atoms with Gasteiger partial charge >= 0.3 is 0 Å². The molecule has 2 aromatic heterocycles. The number of aromatic nitrogens is 2. The minimum atomic E-state index is 0.0243. The van der Waals surface area contributed by atoms with Crippen LogP contribution in [-0.4, -0.2) is 51.3 Å². The smallest absolute Gasteiger partial charge is 0.274 e. The van der Waals surface area contributed by atoms with Gasteiger partial charge in [0.25, 0.3) is 5.91 Å². The fourth-order valence-corrected chi connectivity index (χ4v) is 5.43. The molecule has 2 fully saturated rings. The Bertz CT molecular complexity index is 1070. The van der Waals surface area contributed by atoms with Gasteiger partial charge in [-0.2, -0.15) is 0 Å². The average Bonchev–Trinajstić information content (AvgIpc) is 3.30. The molecule has 1 aliphatic heterocycles. The van der Waals surface area contributed by atoms with Crippen molar-refractivity contribution in [2.75, 3.05) is 20.1 Å². The van der Waals surface area contributed by atoms with Crippen LogP contribution in [0.4, 0.5) is 0 Å². The van der Waals surface area contributed by atoms with Gasteiger partial charge in [-0.05, 0) is 55.7 Å². The van der Waals surface area contributed by atoms with Gasteiger partial charge in [0.05, 0.1) is 5.69 Å². The fourth-order valence-electron chi connectivity index (χ4n) is 5.43. The second-order valence-electron chi connectivity index (χ2n) is 9.37. The lowest BCUT2D eigenvalue weighted by Crippen LogP contribution is -2.32. The second kappa shape index (κ2) is 8.46. The fraction of sp³-hybridized carbons (Fsp3) is 0.462. The zero-order valence-corrected chi connectivity index (χ0v) is 18.6. The van der Waals surface area contributed by atoms with E-state index in [1.165, 1.54) is 31.2 Å². The summed E-state index contributed by atoms with van der Waals surface area (Å²) in [5, 5.41) is 0. The molecule has 162 valence electrons. The number of pyridine rings is 1. The van der Waals surface area contributed by atoms with E-state index in [0.29, 0.717) is 18.3 Å². The molecule has 2 aliphatic rings. The molecule has 1 aliphatic carbocycles. The zero-order chi connectivity index (χ0) is 21.4. The highest BCUT2D eigenvalue weighted by Gasteiger charge is 2.36. The first-order chi connectivity index (χ1) is 15.1. The standard InChI is InChI=1S/C26H32N4O/c1-19-8-7-14-30-23(18-29-17-21-11-6-12-22(29)16-21)24(27-25(19)30)26(31)28(2)15-13-20-9-4-3-5-10-20/h3-5,7-10,14,21-22H,6,11-13,15-18H2,1-2H3/t21-,22+/m0/s1. The van der Waals surface area contributed by atoms with Crippen molar-refractivity contribution in [3.63, 3.8) is 0 Å². The predicted octanol–water partition coefficient (Wildman–Crippen LogP) is 4.33. The minimum absolute atomic E-state index is 0.0243. The van der Waals surface area contributed by atoms with Gasteiger partial charge in [-0.3, -0.25) is 9.69 Å². The van der Waals surface area contributed by atoms with E-state index in [9.17, 15) is 4.79 Å². The van der Waals surface area contributed by atoms with E-state index in [1.807, 2.05) is 30.1 Å². The van der Waals surface area contributed by atoms with Gasteiger partial charge in [0, 0.05) is 38.9 Å². The zero-order valence-electron chi connectivity index (χ0n) is 18.6. The van der Waals surface area contributed by atoms with Crippen LogP contribution in [0.1, 0.15) is 53.0 Å². The molecule has 1 saturated heterocycles. The first-order valence-electron chi connectivity index (χ1n) is 11.6. The molecular weight excluding hydrogens is 384 g/mol. The Kier molecular flexibility index (Phi) is 5.53. The molecule has 1 amide bonds. The van der Waals surface area contributed by atoms with Crippen LogP contribution in [0, 0.1) is 12.8 Å². The van der Waals surface area contributed by atoms with Crippen molar-refractivity contribution in [2.24, 2.45) is 5.92 Å². The van der Waals surface area contributed by atoms with Crippen LogP contribution in [0.25, 0.3) is 5.65 Å². The molecule has 5 heteroatoms. The largest absolute Gasteiger partial charge is 0.340 e. The van der Waals surface area contributed by atoms with E-state index in [-0.39, 0.29) is 5.91 Å². The maximum Gasteiger partial charge on any atom is 0.274 e. The van der Waals surface area contributed by atoms with Crippen molar-refractivity contribution in [1.29, 1.82) is 0 Å². The monoisotopic (exact) mass is 416 g/mol. The van der Waals surface area contributed by atoms with Crippen molar-refractivity contribution >= 4 is 11.6 Å². The number of nitrogens with zero attached hydrogens (tertiary/aromatic N) is 4. The lowest BCUT2D eigenvalue weighted by Gasteiger charge is -2.25. The molecule has 5 rings (SSSR count). The van der Waals surface area contributed by atoms with Crippen molar-refractivity contribution in [3.8, 4) is 0 Å². The predicted molar refractivity (Wildman–Crippen MR) is 123 cm³/mol. The third-order valence-electron chi connectivity index (χ3n) is 7.19. The number of carbonyl (C=O) groups excluding carboxylic acids is 1. The number of likely N-dealkylation sites (tertiary alicyclic amines) is 1. The van der Waals surface area contributed by atoms with E-state index in [1.54, 1.807) is 0 Å². The van der Waals surface area contributed by atoms with Crippen molar-refractivity contribution in [2.45, 2.75) is 51.6 Å². The first kappa shape index (κ1) is 20.3. The van der Waals surface area contributed by atoms with E-state index in [2.05, 4.69) is 46.7 Å². The van der Waals surface area contributed by atoms with Crippen LogP contribution < -0.4 is 0 Å². The number of likely N-dealkylation sites (N-methyl/N-ethyl adjacent to an activating group) is 1. The van der Waals surface area contributed by atoms with Crippen LogP contribution in [-0.2, 0) is 13.0 Å². The summed E-state index contributed by atoms with van der Waals surface area (Å²) in [5.41, 5.74) is 4.92. The SMILES string of the molecule is Cc1cccn2c(CN3C[C@H]4CCC[C@@H]3C4)c(C(=O)N(C)CCc3ccccc3)nc12. The maximum atomic E-state index is 13.5. The Balaban J connectivity index is 1.42. The third-order valence-corrected chi connectivity index (χ3v) is 7.19. The molecule has 0 spiro atoms. The molecule has 3 aromatic rings. The molecule has 0 radical (unpaired) electrons. The Morgan fingerprint density at radius 2 is 2.00 bits per heavy atom. The van der Waals surface area contributed by atoms with Gasteiger partial charge in [-0.1, -0.05) is 42.8 Å². The normalized spacial score (nSPS) is 21.0. The quantitative estimate of drug-likeness (QED) is 0.600. The highest BCUT2D eigenvalue weighted by atomic mass is 16.2. The highest BCUT2D eigenvalue weighted by Crippen LogP contribution is 2.36. The topological polar surface area (TPSA) is 40.9 Å². The lowest BCUT2D eigenvalue weighted by molar-refractivity contribution is 0.0788.